The van der Waals surface area contributed by atoms with Crippen LogP contribution in [-0.4, -0.2) is 69.3 Å². The zero-order valence-electron chi connectivity index (χ0n) is 29.9. The zero-order valence-corrected chi connectivity index (χ0v) is 30.7. The Labute approximate surface area is 310 Å². The minimum atomic E-state index is -0.201. The number of β-amino-alcohol motifs (C(OH)–C–C–N with tert-alkyl or cyclic N) is 1. The van der Waals surface area contributed by atoms with E-state index in [4.69, 9.17) is 25.8 Å². The number of benzene rings is 3. The molecule has 3 heterocycles. The Morgan fingerprint density at radius 1 is 0.923 bits per heavy atom. The monoisotopic (exact) mass is 720 g/mol. The van der Waals surface area contributed by atoms with E-state index < -0.39 is 0 Å². The molecule has 0 bridgehead atoms. The number of halogens is 1. The third-order valence-corrected chi connectivity index (χ3v) is 9.69. The zero-order chi connectivity index (χ0) is 36.5. The highest BCUT2D eigenvalue weighted by atomic mass is 35.5. The van der Waals surface area contributed by atoms with Crippen molar-refractivity contribution in [3.05, 3.63) is 124 Å². The summed E-state index contributed by atoms with van der Waals surface area (Å²) in [5, 5.41) is 19.6. The fourth-order valence-electron chi connectivity index (χ4n) is 6.58. The predicted molar refractivity (Wildman–Crippen MR) is 201 cm³/mol. The van der Waals surface area contributed by atoms with Crippen molar-refractivity contribution in [3.8, 4) is 34.4 Å². The number of pyridine rings is 1. The second-order valence-corrected chi connectivity index (χ2v) is 13.8. The number of aromatic nitrogens is 3. The van der Waals surface area contributed by atoms with E-state index in [9.17, 15) is 10.4 Å². The molecule has 0 radical (unpaired) electrons. The van der Waals surface area contributed by atoms with Crippen molar-refractivity contribution in [1.29, 1.82) is 5.26 Å². The van der Waals surface area contributed by atoms with Gasteiger partial charge in [0.15, 0.2) is 0 Å². The lowest BCUT2D eigenvalue weighted by Crippen LogP contribution is -2.24. The van der Waals surface area contributed by atoms with E-state index in [1.54, 1.807) is 24.8 Å². The SMILES string of the molecule is Cc1c(COc2cc(OCc3cncc(C#N)c3)c(CN(C)Cc3cnc[nH]3)cc2Cl)cccc1-c1cccc(OCCCN2CC[C@@H](O)C2)c1C. The van der Waals surface area contributed by atoms with Crippen LogP contribution in [-0.2, 0) is 26.3 Å². The van der Waals surface area contributed by atoms with Crippen LogP contribution in [0.15, 0.2) is 79.5 Å². The number of H-pyrrole nitrogens is 1. The van der Waals surface area contributed by atoms with Gasteiger partial charge in [0, 0.05) is 74.2 Å². The van der Waals surface area contributed by atoms with Crippen LogP contribution in [0, 0.1) is 25.2 Å². The number of hydrogen-bond acceptors (Lipinski definition) is 9. The Balaban J connectivity index is 1.16. The van der Waals surface area contributed by atoms with Crippen molar-refractivity contribution in [2.75, 3.05) is 33.3 Å². The Hall–Kier alpha value is -4.92. The smallest absolute Gasteiger partial charge is 0.142 e. The summed E-state index contributed by atoms with van der Waals surface area (Å²) in [5.41, 5.74) is 8.64. The van der Waals surface area contributed by atoms with Gasteiger partial charge in [-0.15, -0.1) is 0 Å². The summed E-state index contributed by atoms with van der Waals surface area (Å²) in [4.78, 5) is 15.9. The quantitative estimate of drug-likeness (QED) is 0.102. The van der Waals surface area contributed by atoms with E-state index in [2.05, 4.69) is 68.9 Å². The molecule has 1 aliphatic rings. The molecule has 11 heteroatoms. The van der Waals surface area contributed by atoms with E-state index in [1.165, 1.54) is 6.20 Å². The minimum Gasteiger partial charge on any atom is -0.493 e. The lowest BCUT2D eigenvalue weighted by molar-refractivity contribution is 0.173. The first-order valence-corrected chi connectivity index (χ1v) is 17.9. The van der Waals surface area contributed by atoms with Gasteiger partial charge >= 0.3 is 0 Å². The number of aromatic amines is 1. The minimum absolute atomic E-state index is 0.201. The van der Waals surface area contributed by atoms with Crippen LogP contribution < -0.4 is 14.2 Å². The molecule has 270 valence electrons. The molecule has 1 fully saturated rings. The highest BCUT2D eigenvalue weighted by Crippen LogP contribution is 2.37. The second-order valence-electron chi connectivity index (χ2n) is 13.4. The molecule has 2 aromatic heterocycles. The molecule has 6 rings (SSSR count). The van der Waals surface area contributed by atoms with E-state index in [1.807, 2.05) is 31.3 Å². The normalized spacial score (nSPS) is 14.4. The van der Waals surface area contributed by atoms with E-state index in [0.29, 0.717) is 48.4 Å². The Morgan fingerprint density at radius 3 is 2.50 bits per heavy atom. The van der Waals surface area contributed by atoms with Crippen LogP contribution in [0.3, 0.4) is 0 Å². The van der Waals surface area contributed by atoms with Crippen LogP contribution in [0.4, 0.5) is 0 Å². The lowest BCUT2D eigenvalue weighted by atomic mass is 9.93. The first-order valence-electron chi connectivity index (χ1n) is 17.6. The van der Waals surface area contributed by atoms with Gasteiger partial charge in [-0.3, -0.25) is 9.88 Å². The molecule has 10 nitrogen and oxygen atoms in total. The van der Waals surface area contributed by atoms with Crippen molar-refractivity contribution >= 4 is 11.6 Å². The molecule has 0 aliphatic carbocycles. The molecule has 1 aliphatic heterocycles. The van der Waals surface area contributed by atoms with E-state index >= 15 is 0 Å². The summed E-state index contributed by atoms with van der Waals surface area (Å²) in [6, 6.07) is 20.1. The highest BCUT2D eigenvalue weighted by molar-refractivity contribution is 6.32. The van der Waals surface area contributed by atoms with Crippen LogP contribution in [0.1, 0.15) is 51.9 Å². The van der Waals surface area contributed by atoms with Crippen molar-refractivity contribution in [2.45, 2.75) is 59.1 Å². The van der Waals surface area contributed by atoms with Crippen molar-refractivity contribution in [1.82, 2.24) is 24.8 Å². The number of aliphatic hydroxyl groups excluding tert-OH is 1. The predicted octanol–water partition coefficient (Wildman–Crippen LogP) is 7.24. The molecule has 52 heavy (non-hydrogen) atoms. The number of ether oxygens (including phenoxy) is 3. The molecule has 0 unspecified atom stereocenters. The van der Waals surface area contributed by atoms with Gasteiger partial charge in [-0.1, -0.05) is 41.9 Å². The summed E-state index contributed by atoms with van der Waals surface area (Å²) in [5.74, 6) is 2.03. The van der Waals surface area contributed by atoms with Crippen LogP contribution >= 0.6 is 11.6 Å². The molecule has 1 atom stereocenters. The maximum atomic E-state index is 9.80. The molecule has 1 saturated heterocycles. The average Bonchev–Trinajstić information content (AvgIpc) is 3.82. The van der Waals surface area contributed by atoms with E-state index in [0.717, 1.165) is 82.9 Å². The maximum absolute atomic E-state index is 9.80. The van der Waals surface area contributed by atoms with Gasteiger partial charge in [0.25, 0.3) is 0 Å². The highest BCUT2D eigenvalue weighted by Gasteiger charge is 2.20. The van der Waals surface area contributed by atoms with Crippen LogP contribution in [0.2, 0.25) is 5.02 Å². The van der Waals surface area contributed by atoms with Gasteiger partial charge < -0.3 is 29.2 Å². The Bertz CT molecular complexity index is 2000. The lowest BCUT2D eigenvalue weighted by Gasteiger charge is -2.21. The number of likely N-dealkylation sites (tertiary alicyclic amines) is 1. The summed E-state index contributed by atoms with van der Waals surface area (Å²) in [6.45, 7) is 9.24. The van der Waals surface area contributed by atoms with Gasteiger partial charge in [-0.25, -0.2) is 4.98 Å². The van der Waals surface area contributed by atoms with Crippen LogP contribution in [0.25, 0.3) is 11.1 Å². The molecule has 2 N–H and O–H groups in total. The molecular formula is C41H45ClN6O4. The second kappa shape index (κ2) is 17.5. The largest absolute Gasteiger partial charge is 0.493 e. The molecule has 3 aromatic carbocycles. The van der Waals surface area contributed by atoms with Crippen molar-refractivity contribution in [3.63, 3.8) is 0 Å². The first kappa shape index (κ1) is 36.9. The fourth-order valence-corrected chi connectivity index (χ4v) is 6.82. The summed E-state index contributed by atoms with van der Waals surface area (Å²) in [7, 11) is 2.02. The standard InChI is InChI=1S/C41H45ClN6O4/c1-28-32(7-4-8-36(28)37-9-5-10-39(29(37)2)50-14-6-12-48-13-11-35(49)24-48)26-52-41-17-40(51-25-31-15-30(18-43)19-44-20-31)33(16-38(41)42)22-47(3)23-34-21-45-27-46-34/h4-5,7-10,15-17,19-21,27,35,49H,6,11-14,22-26H2,1-3H3,(H,45,46)/t35-/m1/s1. The fraction of sp³-hybridized carbons (Fsp3) is 0.341. The summed E-state index contributed by atoms with van der Waals surface area (Å²) >= 11 is 6.86. The van der Waals surface area contributed by atoms with Gasteiger partial charge in [-0.05, 0) is 79.8 Å². The van der Waals surface area contributed by atoms with Crippen molar-refractivity contribution in [2.24, 2.45) is 0 Å². The van der Waals surface area contributed by atoms with Gasteiger partial charge in [0.1, 0.15) is 36.5 Å². The number of aliphatic hydroxyl groups is 1. The summed E-state index contributed by atoms with van der Waals surface area (Å²) in [6.07, 6.45) is 8.26. The van der Waals surface area contributed by atoms with E-state index in [-0.39, 0.29) is 12.7 Å². The number of hydrogen-bond donors (Lipinski definition) is 2. The number of nitrogens with zero attached hydrogens (tertiary/aromatic N) is 5. The Kier molecular flexibility index (Phi) is 12.4. The van der Waals surface area contributed by atoms with Crippen LogP contribution in [0.5, 0.6) is 17.2 Å². The number of nitriles is 1. The molecular weight excluding hydrogens is 676 g/mol. The molecule has 0 amide bonds. The summed E-state index contributed by atoms with van der Waals surface area (Å²) < 4.78 is 19.0. The van der Waals surface area contributed by atoms with Gasteiger partial charge in [0.2, 0.25) is 0 Å². The van der Waals surface area contributed by atoms with Gasteiger partial charge in [0.05, 0.1) is 29.6 Å². The van der Waals surface area contributed by atoms with Gasteiger partial charge in [-0.2, -0.15) is 5.26 Å². The number of nitrogens with one attached hydrogen (secondary N) is 1. The average molecular weight is 721 g/mol. The molecule has 0 spiro atoms. The molecule has 5 aromatic rings. The third-order valence-electron chi connectivity index (χ3n) is 9.40. The number of imidazole rings is 1. The Morgan fingerprint density at radius 2 is 1.73 bits per heavy atom. The number of rotatable bonds is 16. The topological polar surface area (TPSA) is 120 Å². The maximum Gasteiger partial charge on any atom is 0.142 e. The molecule has 0 saturated carbocycles. The third kappa shape index (κ3) is 9.49. The first-order chi connectivity index (χ1) is 25.3. The van der Waals surface area contributed by atoms with Crippen molar-refractivity contribution < 1.29 is 19.3 Å².